The molecule has 7 aromatic rings. The Morgan fingerprint density at radius 2 is 1.09 bits per heavy atom. The molecule has 44 heavy (non-hydrogen) atoms. The molecule has 8 heteroatoms. The summed E-state index contributed by atoms with van der Waals surface area (Å²) in [6.07, 6.45) is 14.7. The zero-order chi connectivity index (χ0) is 29.0. The third-order valence-corrected chi connectivity index (χ3v) is 7.70. The van der Waals surface area contributed by atoms with E-state index in [4.69, 9.17) is 27.6 Å². The lowest BCUT2D eigenvalue weighted by molar-refractivity contribution is 0.546. The molecular formula is C36H22N4O4. The molecule has 0 saturated heterocycles. The van der Waals surface area contributed by atoms with Gasteiger partial charge in [-0.3, -0.25) is 4.57 Å². The molecule has 0 unspecified atom stereocenters. The molecule has 9 heterocycles. The molecule has 0 amide bonds. The summed E-state index contributed by atoms with van der Waals surface area (Å²) in [5.74, 6) is 2.54. The van der Waals surface area contributed by atoms with Crippen molar-refractivity contribution in [2.24, 2.45) is 0 Å². The molecule has 8 bridgehead atoms. The second kappa shape index (κ2) is 9.64. The topological polar surface area (TPSA) is 99.1 Å². The fourth-order valence-corrected chi connectivity index (χ4v) is 5.92. The second-order valence-electron chi connectivity index (χ2n) is 10.4. The lowest BCUT2D eigenvalue weighted by atomic mass is 10.0. The SMILES string of the molecule is C1=Cc2cc3c(-c4ccco4)c(-c4ccco4)c(c(-c4ccco4)c4nc(cc5ccc(cc1n2)[nH]5)C=C4)n3-c1ccco1. The van der Waals surface area contributed by atoms with Crippen LogP contribution in [0.4, 0.5) is 0 Å². The van der Waals surface area contributed by atoms with Crippen LogP contribution in [-0.4, -0.2) is 19.5 Å². The van der Waals surface area contributed by atoms with E-state index in [9.17, 15) is 0 Å². The summed E-state index contributed by atoms with van der Waals surface area (Å²) in [7, 11) is 0. The van der Waals surface area contributed by atoms with Crippen LogP contribution < -0.4 is 0 Å². The first-order valence-electron chi connectivity index (χ1n) is 14.1. The number of fused-ring (bicyclic) bond motifs is 8. The van der Waals surface area contributed by atoms with Gasteiger partial charge in [-0.15, -0.1) is 0 Å². The lowest BCUT2D eigenvalue weighted by Crippen LogP contribution is -1.95. The van der Waals surface area contributed by atoms with Crippen LogP contribution in [0, 0.1) is 0 Å². The first kappa shape index (κ1) is 24.3. The largest absolute Gasteiger partial charge is 0.464 e. The number of aromatic nitrogens is 4. The van der Waals surface area contributed by atoms with E-state index in [0.717, 1.165) is 61.5 Å². The van der Waals surface area contributed by atoms with E-state index < -0.39 is 0 Å². The molecular weight excluding hydrogens is 552 g/mol. The van der Waals surface area contributed by atoms with Gasteiger partial charge in [0.2, 0.25) is 5.88 Å². The number of nitrogens with one attached hydrogen (secondary N) is 1. The number of furan rings is 4. The van der Waals surface area contributed by atoms with Gasteiger partial charge in [-0.1, -0.05) is 0 Å². The highest BCUT2D eigenvalue weighted by atomic mass is 16.3. The van der Waals surface area contributed by atoms with E-state index in [1.165, 1.54) is 0 Å². The van der Waals surface area contributed by atoms with Crippen molar-refractivity contribution in [3.05, 3.63) is 127 Å². The van der Waals surface area contributed by atoms with Crippen LogP contribution in [0.5, 0.6) is 0 Å². The zero-order valence-corrected chi connectivity index (χ0v) is 23.1. The quantitative estimate of drug-likeness (QED) is 0.225. The maximum atomic E-state index is 6.13. The summed E-state index contributed by atoms with van der Waals surface area (Å²) in [5, 5.41) is 0. The van der Waals surface area contributed by atoms with Crippen molar-refractivity contribution in [3.63, 3.8) is 0 Å². The van der Waals surface area contributed by atoms with Crippen molar-refractivity contribution >= 4 is 46.4 Å². The summed E-state index contributed by atoms with van der Waals surface area (Å²) in [6, 6.07) is 25.4. The maximum absolute atomic E-state index is 6.13. The molecule has 210 valence electrons. The minimum atomic E-state index is 0.594. The minimum Gasteiger partial charge on any atom is -0.464 e. The molecule has 0 radical (unpaired) electrons. The highest BCUT2D eigenvalue weighted by Gasteiger charge is 2.29. The third kappa shape index (κ3) is 3.93. The fraction of sp³-hybridized carbons (Fsp3) is 0. The molecule has 0 aromatic carbocycles. The van der Waals surface area contributed by atoms with Gasteiger partial charge >= 0.3 is 0 Å². The summed E-state index contributed by atoms with van der Waals surface area (Å²) >= 11 is 0. The van der Waals surface area contributed by atoms with Gasteiger partial charge in [0.1, 0.15) is 17.3 Å². The first-order valence-corrected chi connectivity index (χ1v) is 14.1. The molecule has 0 saturated carbocycles. The Balaban J connectivity index is 1.60. The van der Waals surface area contributed by atoms with Gasteiger partial charge in [0.25, 0.3) is 0 Å². The second-order valence-corrected chi connectivity index (χ2v) is 10.4. The van der Waals surface area contributed by atoms with Gasteiger partial charge in [0.05, 0.1) is 75.6 Å². The Labute approximate surface area is 249 Å². The molecule has 8 nitrogen and oxygen atoms in total. The van der Waals surface area contributed by atoms with Crippen molar-refractivity contribution in [2.75, 3.05) is 0 Å². The number of hydrogen-bond acceptors (Lipinski definition) is 6. The Bertz CT molecular complexity index is 2370. The fourth-order valence-electron chi connectivity index (χ4n) is 5.92. The summed E-state index contributed by atoms with van der Waals surface area (Å²) < 4.78 is 26.5. The van der Waals surface area contributed by atoms with Gasteiger partial charge in [-0.05, 0) is 97.1 Å². The Kier molecular flexibility index (Phi) is 5.33. The Morgan fingerprint density at radius 3 is 1.73 bits per heavy atom. The van der Waals surface area contributed by atoms with Gasteiger partial charge in [0.15, 0.2) is 0 Å². The van der Waals surface area contributed by atoms with Crippen LogP contribution >= 0.6 is 0 Å². The van der Waals surface area contributed by atoms with Crippen LogP contribution in [-0.2, 0) is 0 Å². The van der Waals surface area contributed by atoms with E-state index in [1.54, 1.807) is 25.1 Å². The molecule has 2 aliphatic heterocycles. The van der Waals surface area contributed by atoms with Gasteiger partial charge < -0.3 is 22.7 Å². The molecule has 0 atom stereocenters. The predicted molar refractivity (Wildman–Crippen MR) is 169 cm³/mol. The standard InChI is InChI=1S/C36H22N4O4/c1-5-29(41-15-1)33-27-14-13-25(39-27)20-24-10-9-22(37-24)19-23-11-12-26(38-23)21-28-34(30-6-2-16-42-30)35(31-7-3-17-43-31)36(33)40(28)32-8-4-18-44-32/h1-21,37H. The normalized spacial score (nSPS) is 12.4. The average molecular weight is 575 g/mol. The Morgan fingerprint density at radius 1 is 0.523 bits per heavy atom. The van der Waals surface area contributed by atoms with Crippen LogP contribution in [0.25, 0.3) is 86.2 Å². The number of hydrogen-bond donors (Lipinski definition) is 1. The highest BCUT2D eigenvalue weighted by Crippen LogP contribution is 2.47. The summed E-state index contributed by atoms with van der Waals surface area (Å²) in [6.45, 7) is 0. The van der Waals surface area contributed by atoms with Gasteiger partial charge in [0, 0.05) is 17.1 Å². The molecule has 0 aliphatic carbocycles. The van der Waals surface area contributed by atoms with Crippen molar-refractivity contribution in [1.82, 2.24) is 19.5 Å². The van der Waals surface area contributed by atoms with Crippen LogP contribution in [0.3, 0.4) is 0 Å². The van der Waals surface area contributed by atoms with Crippen molar-refractivity contribution in [2.45, 2.75) is 0 Å². The first-order chi connectivity index (χ1) is 21.8. The third-order valence-electron chi connectivity index (χ3n) is 7.70. The average Bonchev–Trinajstić information content (AvgIpc) is 3.87. The lowest BCUT2D eigenvalue weighted by Gasteiger charge is -2.08. The van der Waals surface area contributed by atoms with Crippen molar-refractivity contribution < 1.29 is 17.7 Å². The zero-order valence-electron chi connectivity index (χ0n) is 23.1. The highest BCUT2D eigenvalue weighted by molar-refractivity contribution is 6.08. The molecule has 1 N–H and O–H groups in total. The summed E-state index contributed by atoms with van der Waals surface area (Å²) in [4.78, 5) is 13.5. The van der Waals surface area contributed by atoms with E-state index in [1.807, 2.05) is 103 Å². The van der Waals surface area contributed by atoms with Crippen LogP contribution in [0.1, 0.15) is 22.8 Å². The Hall–Kier alpha value is -6.28. The van der Waals surface area contributed by atoms with Crippen molar-refractivity contribution in [1.29, 1.82) is 0 Å². The molecule has 2 aliphatic rings. The predicted octanol–water partition coefficient (Wildman–Crippen LogP) is 9.49. The minimum absolute atomic E-state index is 0.594. The molecule has 7 aromatic heterocycles. The van der Waals surface area contributed by atoms with Gasteiger partial charge in [-0.25, -0.2) is 9.97 Å². The molecule has 9 rings (SSSR count). The van der Waals surface area contributed by atoms with Crippen molar-refractivity contribution in [3.8, 4) is 39.9 Å². The van der Waals surface area contributed by atoms with Crippen LogP contribution in [0.15, 0.2) is 122 Å². The van der Waals surface area contributed by atoms with E-state index in [-0.39, 0.29) is 0 Å². The number of H-pyrrole nitrogens is 1. The maximum Gasteiger partial charge on any atom is 0.204 e. The van der Waals surface area contributed by atoms with E-state index in [0.29, 0.717) is 23.2 Å². The van der Waals surface area contributed by atoms with Crippen LogP contribution in [0.2, 0.25) is 0 Å². The van der Waals surface area contributed by atoms with E-state index >= 15 is 0 Å². The number of aromatic amines is 1. The smallest absolute Gasteiger partial charge is 0.204 e. The van der Waals surface area contributed by atoms with E-state index in [2.05, 4.69) is 9.55 Å². The monoisotopic (exact) mass is 574 g/mol. The number of nitrogens with zero attached hydrogens (tertiary/aromatic N) is 3. The molecule has 0 spiro atoms. The van der Waals surface area contributed by atoms with Gasteiger partial charge in [-0.2, -0.15) is 0 Å². The number of rotatable bonds is 4. The molecule has 0 fully saturated rings. The summed E-state index contributed by atoms with van der Waals surface area (Å²) in [5.41, 5.74) is 8.91.